The summed E-state index contributed by atoms with van der Waals surface area (Å²) in [6.07, 6.45) is 0.354. The van der Waals surface area contributed by atoms with Crippen molar-refractivity contribution in [1.29, 1.82) is 0 Å². The molecule has 22 heavy (non-hydrogen) atoms. The third-order valence-corrected chi connectivity index (χ3v) is 3.39. The van der Waals surface area contributed by atoms with Gasteiger partial charge in [-0.1, -0.05) is 19.1 Å². The molecule has 0 aliphatic heterocycles. The van der Waals surface area contributed by atoms with Gasteiger partial charge in [0, 0.05) is 12.5 Å². The molecular formula is C15H17N5O2. The minimum absolute atomic E-state index is 0.149. The van der Waals surface area contributed by atoms with Gasteiger partial charge in [0.2, 0.25) is 11.7 Å². The van der Waals surface area contributed by atoms with Crippen LogP contribution in [0.2, 0.25) is 0 Å². The SMILES string of the molecule is CCC(=O)Nc1nonc1-c1nc2ccccc2n1C(C)C. The minimum atomic E-state index is -0.149. The van der Waals surface area contributed by atoms with Crippen molar-refractivity contribution in [2.24, 2.45) is 0 Å². The van der Waals surface area contributed by atoms with Crippen molar-refractivity contribution >= 4 is 22.8 Å². The van der Waals surface area contributed by atoms with Crippen LogP contribution in [0.3, 0.4) is 0 Å². The van der Waals surface area contributed by atoms with Gasteiger partial charge in [-0.05, 0) is 36.3 Å². The van der Waals surface area contributed by atoms with Crippen LogP contribution in [-0.4, -0.2) is 25.8 Å². The Morgan fingerprint density at radius 2 is 2.09 bits per heavy atom. The first kappa shape index (κ1) is 14.2. The molecule has 0 bridgehead atoms. The maximum atomic E-state index is 11.6. The fourth-order valence-electron chi connectivity index (χ4n) is 2.37. The zero-order valence-electron chi connectivity index (χ0n) is 12.7. The highest BCUT2D eigenvalue weighted by Crippen LogP contribution is 2.30. The highest BCUT2D eigenvalue weighted by Gasteiger charge is 2.22. The fourth-order valence-corrected chi connectivity index (χ4v) is 2.37. The van der Waals surface area contributed by atoms with E-state index in [0.29, 0.717) is 23.8 Å². The molecule has 0 unspecified atom stereocenters. The summed E-state index contributed by atoms with van der Waals surface area (Å²) in [6, 6.07) is 8.02. The van der Waals surface area contributed by atoms with Crippen molar-refractivity contribution in [2.75, 3.05) is 5.32 Å². The number of benzene rings is 1. The Hall–Kier alpha value is -2.70. The highest BCUT2D eigenvalue weighted by atomic mass is 16.6. The van der Waals surface area contributed by atoms with Crippen LogP contribution in [0, 0.1) is 0 Å². The number of fused-ring (bicyclic) bond motifs is 1. The molecule has 0 saturated carbocycles. The van der Waals surface area contributed by atoms with Crippen LogP contribution in [0.5, 0.6) is 0 Å². The Morgan fingerprint density at radius 1 is 1.32 bits per heavy atom. The van der Waals surface area contributed by atoms with Gasteiger partial charge in [-0.15, -0.1) is 0 Å². The predicted molar refractivity (Wildman–Crippen MR) is 82.3 cm³/mol. The average Bonchev–Trinajstić information content (AvgIpc) is 3.10. The molecule has 1 amide bonds. The molecule has 2 aromatic heterocycles. The number of anilines is 1. The number of rotatable bonds is 4. The van der Waals surface area contributed by atoms with Crippen molar-refractivity contribution in [1.82, 2.24) is 19.9 Å². The van der Waals surface area contributed by atoms with Crippen molar-refractivity contribution in [3.63, 3.8) is 0 Å². The lowest BCUT2D eigenvalue weighted by molar-refractivity contribution is -0.115. The Labute approximate surface area is 127 Å². The normalized spacial score (nSPS) is 11.3. The molecule has 0 spiro atoms. The highest BCUT2D eigenvalue weighted by molar-refractivity contribution is 5.93. The maximum Gasteiger partial charge on any atom is 0.225 e. The number of nitrogens with zero attached hydrogens (tertiary/aromatic N) is 4. The molecule has 0 aliphatic carbocycles. The molecule has 0 saturated heterocycles. The van der Waals surface area contributed by atoms with Crippen LogP contribution in [-0.2, 0) is 4.79 Å². The van der Waals surface area contributed by atoms with Crippen molar-refractivity contribution < 1.29 is 9.42 Å². The Kier molecular flexibility index (Phi) is 3.62. The maximum absolute atomic E-state index is 11.6. The summed E-state index contributed by atoms with van der Waals surface area (Å²) in [5.41, 5.74) is 2.30. The van der Waals surface area contributed by atoms with Crippen molar-refractivity contribution in [3.05, 3.63) is 24.3 Å². The third-order valence-electron chi connectivity index (χ3n) is 3.39. The van der Waals surface area contributed by atoms with Gasteiger partial charge in [0.1, 0.15) is 0 Å². The number of imidazole rings is 1. The van der Waals surface area contributed by atoms with E-state index in [1.54, 1.807) is 6.92 Å². The smallest absolute Gasteiger partial charge is 0.225 e. The first-order valence-electron chi connectivity index (χ1n) is 7.21. The Bertz CT molecular complexity index is 818. The number of carbonyl (C=O) groups is 1. The van der Waals surface area contributed by atoms with Crippen LogP contribution in [0.15, 0.2) is 28.9 Å². The predicted octanol–water partition coefficient (Wildman–Crippen LogP) is 3.02. The van der Waals surface area contributed by atoms with Gasteiger partial charge in [0.25, 0.3) is 0 Å². The van der Waals surface area contributed by atoms with E-state index in [1.807, 2.05) is 24.3 Å². The minimum Gasteiger partial charge on any atom is -0.320 e. The monoisotopic (exact) mass is 299 g/mol. The molecule has 0 atom stereocenters. The van der Waals surface area contributed by atoms with Crippen LogP contribution in [0.4, 0.5) is 5.82 Å². The molecule has 1 N–H and O–H groups in total. The molecule has 1 aromatic carbocycles. The van der Waals surface area contributed by atoms with Gasteiger partial charge < -0.3 is 9.88 Å². The summed E-state index contributed by atoms with van der Waals surface area (Å²) in [5.74, 6) is 0.775. The number of aromatic nitrogens is 4. The van der Waals surface area contributed by atoms with Crippen molar-refractivity contribution in [3.8, 4) is 11.5 Å². The van der Waals surface area contributed by atoms with E-state index in [0.717, 1.165) is 11.0 Å². The molecule has 3 rings (SSSR count). The molecule has 7 heteroatoms. The molecule has 2 heterocycles. The van der Waals surface area contributed by atoms with Crippen LogP contribution in [0.1, 0.15) is 33.2 Å². The van der Waals surface area contributed by atoms with E-state index >= 15 is 0 Å². The quantitative estimate of drug-likeness (QED) is 0.800. The number of para-hydroxylation sites is 2. The summed E-state index contributed by atoms with van der Waals surface area (Å²) in [6.45, 7) is 5.90. The van der Waals surface area contributed by atoms with Crippen LogP contribution in [0.25, 0.3) is 22.6 Å². The van der Waals surface area contributed by atoms with E-state index < -0.39 is 0 Å². The van der Waals surface area contributed by atoms with Gasteiger partial charge in [0.05, 0.1) is 11.0 Å². The van der Waals surface area contributed by atoms with Crippen LogP contribution >= 0.6 is 0 Å². The second-order valence-corrected chi connectivity index (χ2v) is 5.25. The molecule has 114 valence electrons. The zero-order valence-corrected chi connectivity index (χ0v) is 12.7. The molecular weight excluding hydrogens is 282 g/mol. The van der Waals surface area contributed by atoms with Crippen molar-refractivity contribution in [2.45, 2.75) is 33.2 Å². The van der Waals surface area contributed by atoms with Gasteiger partial charge >= 0.3 is 0 Å². The summed E-state index contributed by atoms with van der Waals surface area (Å²) in [5, 5.41) is 10.4. The summed E-state index contributed by atoms with van der Waals surface area (Å²) in [7, 11) is 0. The molecule has 0 aliphatic rings. The van der Waals surface area contributed by atoms with E-state index in [4.69, 9.17) is 4.63 Å². The number of hydrogen-bond donors (Lipinski definition) is 1. The lowest BCUT2D eigenvalue weighted by Crippen LogP contribution is -2.11. The first-order valence-corrected chi connectivity index (χ1v) is 7.21. The van der Waals surface area contributed by atoms with Gasteiger partial charge in [-0.2, -0.15) is 0 Å². The number of nitrogens with one attached hydrogen (secondary N) is 1. The third kappa shape index (κ3) is 2.34. The summed E-state index contributed by atoms with van der Waals surface area (Å²) >= 11 is 0. The molecule has 0 radical (unpaired) electrons. The largest absolute Gasteiger partial charge is 0.320 e. The number of amides is 1. The lowest BCUT2D eigenvalue weighted by Gasteiger charge is -2.11. The second-order valence-electron chi connectivity index (χ2n) is 5.25. The van der Waals surface area contributed by atoms with Gasteiger partial charge in [-0.25, -0.2) is 9.61 Å². The number of carbonyl (C=O) groups excluding carboxylic acids is 1. The standard InChI is InChI=1S/C15H17N5O2/c1-4-12(21)17-14-13(18-22-19-14)15-16-10-7-5-6-8-11(10)20(15)9(2)3/h5-9H,4H2,1-3H3,(H,17,19,21). The van der Waals surface area contributed by atoms with E-state index in [-0.39, 0.29) is 11.9 Å². The first-order chi connectivity index (χ1) is 10.6. The Morgan fingerprint density at radius 3 is 2.82 bits per heavy atom. The zero-order chi connectivity index (χ0) is 15.7. The molecule has 7 nitrogen and oxygen atoms in total. The van der Waals surface area contributed by atoms with E-state index in [1.165, 1.54) is 0 Å². The molecule has 0 fully saturated rings. The molecule has 3 aromatic rings. The fraction of sp³-hybridized carbons (Fsp3) is 0.333. The average molecular weight is 299 g/mol. The summed E-state index contributed by atoms with van der Waals surface area (Å²) in [4.78, 5) is 16.2. The summed E-state index contributed by atoms with van der Waals surface area (Å²) < 4.78 is 6.86. The van der Waals surface area contributed by atoms with E-state index in [2.05, 4.69) is 39.0 Å². The Balaban J connectivity index is 2.16. The topological polar surface area (TPSA) is 85.8 Å². The number of hydrogen-bond acceptors (Lipinski definition) is 5. The van der Waals surface area contributed by atoms with Gasteiger partial charge in [-0.3, -0.25) is 4.79 Å². The van der Waals surface area contributed by atoms with E-state index in [9.17, 15) is 4.79 Å². The second kappa shape index (κ2) is 5.59. The lowest BCUT2D eigenvalue weighted by atomic mass is 10.3. The van der Waals surface area contributed by atoms with Gasteiger partial charge in [0.15, 0.2) is 11.5 Å². The van der Waals surface area contributed by atoms with Crippen LogP contribution < -0.4 is 5.32 Å².